The zero-order chi connectivity index (χ0) is 16.3. The van der Waals surface area contributed by atoms with Gasteiger partial charge in [0.15, 0.2) is 0 Å². The van der Waals surface area contributed by atoms with Crippen molar-refractivity contribution in [3.8, 4) is 0 Å². The summed E-state index contributed by atoms with van der Waals surface area (Å²) in [6.45, 7) is 6.64. The van der Waals surface area contributed by atoms with Gasteiger partial charge < -0.3 is 9.80 Å². The molecule has 0 aromatic heterocycles. The molecule has 0 aliphatic carbocycles. The first-order chi connectivity index (χ1) is 10.3. The highest BCUT2D eigenvalue weighted by Crippen LogP contribution is 2.34. The Hall–Kier alpha value is -1.31. The Balaban J connectivity index is 2.28. The first kappa shape index (κ1) is 17.1. The number of para-hydroxylation sites is 2. The van der Waals surface area contributed by atoms with Gasteiger partial charge in [-0.2, -0.15) is 13.1 Å². The van der Waals surface area contributed by atoms with E-state index < -0.39 is 10.2 Å². The first-order valence-electron chi connectivity index (χ1n) is 7.60. The SMILES string of the molecule is CC(C)NS(=O)(=O)N1CCN(CCN(C)C)c2ccccc21. The Labute approximate surface area is 133 Å². The Morgan fingerprint density at radius 3 is 2.41 bits per heavy atom. The third kappa shape index (κ3) is 3.91. The van der Waals surface area contributed by atoms with Crippen molar-refractivity contribution in [2.75, 3.05) is 49.5 Å². The van der Waals surface area contributed by atoms with Crippen LogP contribution < -0.4 is 13.9 Å². The lowest BCUT2D eigenvalue weighted by molar-refractivity contribution is 0.413. The van der Waals surface area contributed by atoms with Crippen molar-refractivity contribution in [2.24, 2.45) is 0 Å². The van der Waals surface area contributed by atoms with Crippen LogP contribution in [0.1, 0.15) is 13.8 Å². The van der Waals surface area contributed by atoms with E-state index in [2.05, 4.69) is 14.5 Å². The molecule has 0 bridgehead atoms. The summed E-state index contributed by atoms with van der Waals surface area (Å²) in [6.07, 6.45) is 0. The van der Waals surface area contributed by atoms with Crippen LogP contribution in [-0.2, 0) is 10.2 Å². The van der Waals surface area contributed by atoms with Crippen molar-refractivity contribution in [1.82, 2.24) is 9.62 Å². The molecule has 0 saturated carbocycles. The van der Waals surface area contributed by atoms with E-state index in [0.29, 0.717) is 13.1 Å². The van der Waals surface area contributed by atoms with Gasteiger partial charge in [0.2, 0.25) is 0 Å². The number of hydrogen-bond donors (Lipinski definition) is 1. The maximum absolute atomic E-state index is 12.5. The minimum atomic E-state index is -3.50. The molecule has 6 nitrogen and oxygen atoms in total. The number of likely N-dealkylation sites (N-methyl/N-ethyl adjacent to an activating group) is 1. The van der Waals surface area contributed by atoms with Gasteiger partial charge in [-0.3, -0.25) is 4.31 Å². The molecule has 0 atom stereocenters. The van der Waals surface area contributed by atoms with E-state index in [0.717, 1.165) is 24.5 Å². The third-order valence-electron chi connectivity index (χ3n) is 3.56. The quantitative estimate of drug-likeness (QED) is 0.851. The average Bonchev–Trinajstić information content (AvgIpc) is 2.43. The van der Waals surface area contributed by atoms with Crippen LogP contribution in [-0.4, -0.2) is 59.6 Å². The number of anilines is 2. The van der Waals surface area contributed by atoms with E-state index in [1.807, 2.05) is 52.2 Å². The Morgan fingerprint density at radius 2 is 1.82 bits per heavy atom. The van der Waals surface area contributed by atoms with Crippen molar-refractivity contribution in [3.05, 3.63) is 24.3 Å². The van der Waals surface area contributed by atoms with Crippen LogP contribution in [0.25, 0.3) is 0 Å². The number of hydrogen-bond acceptors (Lipinski definition) is 4. The summed E-state index contributed by atoms with van der Waals surface area (Å²) in [7, 11) is 0.577. The molecule has 2 rings (SSSR count). The molecule has 0 saturated heterocycles. The van der Waals surface area contributed by atoms with Crippen molar-refractivity contribution in [3.63, 3.8) is 0 Å². The summed E-state index contributed by atoms with van der Waals surface area (Å²) in [4.78, 5) is 4.38. The highest BCUT2D eigenvalue weighted by atomic mass is 32.2. The molecule has 1 aromatic carbocycles. The maximum Gasteiger partial charge on any atom is 0.301 e. The second-order valence-electron chi connectivity index (χ2n) is 6.13. The van der Waals surface area contributed by atoms with Gasteiger partial charge in [-0.05, 0) is 40.1 Å². The van der Waals surface area contributed by atoms with Crippen LogP contribution in [0.5, 0.6) is 0 Å². The zero-order valence-corrected chi connectivity index (χ0v) is 14.6. The van der Waals surface area contributed by atoms with Crippen molar-refractivity contribution >= 4 is 21.6 Å². The molecule has 0 unspecified atom stereocenters. The molecule has 1 aromatic rings. The highest BCUT2D eigenvalue weighted by Gasteiger charge is 2.30. The highest BCUT2D eigenvalue weighted by molar-refractivity contribution is 7.90. The molecule has 1 heterocycles. The zero-order valence-electron chi connectivity index (χ0n) is 13.8. The standard InChI is InChI=1S/C15H26N4O2S/c1-13(2)16-22(20,21)19-12-11-18(10-9-17(3)4)14-7-5-6-8-15(14)19/h5-8,13,16H,9-12H2,1-4H3. The topological polar surface area (TPSA) is 55.9 Å². The molecule has 22 heavy (non-hydrogen) atoms. The van der Waals surface area contributed by atoms with Gasteiger partial charge >= 0.3 is 10.2 Å². The van der Waals surface area contributed by atoms with Gasteiger partial charge in [-0.1, -0.05) is 12.1 Å². The number of nitrogens with one attached hydrogen (secondary N) is 1. The second-order valence-corrected chi connectivity index (χ2v) is 7.76. The second kappa shape index (κ2) is 6.85. The summed E-state index contributed by atoms with van der Waals surface area (Å²) in [5.41, 5.74) is 1.73. The molecule has 7 heteroatoms. The fourth-order valence-corrected chi connectivity index (χ4v) is 4.02. The molecule has 1 aliphatic rings. The molecule has 124 valence electrons. The van der Waals surface area contributed by atoms with Gasteiger partial charge in [0.1, 0.15) is 0 Å². The van der Waals surface area contributed by atoms with Crippen molar-refractivity contribution in [1.29, 1.82) is 0 Å². The lowest BCUT2D eigenvalue weighted by Crippen LogP contribution is -2.50. The lowest BCUT2D eigenvalue weighted by Gasteiger charge is -2.38. The normalized spacial score (nSPS) is 15.5. The average molecular weight is 326 g/mol. The molecular formula is C15H26N4O2S. The van der Waals surface area contributed by atoms with Crippen LogP contribution >= 0.6 is 0 Å². The first-order valence-corrected chi connectivity index (χ1v) is 9.04. The summed E-state index contributed by atoms with van der Waals surface area (Å²) in [5.74, 6) is 0. The Kier molecular flexibility index (Phi) is 5.31. The molecule has 1 aliphatic heterocycles. The van der Waals surface area contributed by atoms with E-state index in [1.165, 1.54) is 4.31 Å². The van der Waals surface area contributed by atoms with Gasteiger partial charge in [-0.15, -0.1) is 0 Å². The Bertz CT molecular complexity index is 601. The predicted octanol–water partition coefficient (Wildman–Crippen LogP) is 1.12. The number of benzene rings is 1. The van der Waals surface area contributed by atoms with Crippen molar-refractivity contribution in [2.45, 2.75) is 19.9 Å². The van der Waals surface area contributed by atoms with Crippen LogP contribution in [0, 0.1) is 0 Å². The largest absolute Gasteiger partial charge is 0.367 e. The maximum atomic E-state index is 12.5. The number of nitrogens with zero attached hydrogens (tertiary/aromatic N) is 3. The number of fused-ring (bicyclic) bond motifs is 1. The third-order valence-corrected chi connectivity index (χ3v) is 5.28. The van der Waals surface area contributed by atoms with Gasteiger partial charge in [0.25, 0.3) is 0 Å². The molecule has 0 fully saturated rings. The summed E-state index contributed by atoms with van der Waals surface area (Å²) < 4.78 is 29.2. The smallest absolute Gasteiger partial charge is 0.301 e. The molecule has 1 N–H and O–H groups in total. The minimum Gasteiger partial charge on any atom is -0.367 e. The van der Waals surface area contributed by atoms with Crippen LogP contribution in [0.3, 0.4) is 0 Å². The fraction of sp³-hybridized carbons (Fsp3) is 0.600. The van der Waals surface area contributed by atoms with E-state index in [-0.39, 0.29) is 6.04 Å². The monoisotopic (exact) mass is 326 g/mol. The molecule has 0 spiro atoms. The van der Waals surface area contributed by atoms with Gasteiger partial charge in [-0.25, -0.2) is 0 Å². The number of rotatable bonds is 6. The fourth-order valence-electron chi connectivity index (χ4n) is 2.56. The molecule has 0 radical (unpaired) electrons. The molecule has 0 amide bonds. The van der Waals surface area contributed by atoms with Gasteiger partial charge in [0.05, 0.1) is 17.9 Å². The van der Waals surface area contributed by atoms with E-state index in [4.69, 9.17) is 0 Å². The van der Waals surface area contributed by atoms with E-state index >= 15 is 0 Å². The van der Waals surface area contributed by atoms with Crippen LogP contribution in [0.2, 0.25) is 0 Å². The van der Waals surface area contributed by atoms with E-state index in [1.54, 1.807) is 0 Å². The Morgan fingerprint density at radius 1 is 1.18 bits per heavy atom. The minimum absolute atomic E-state index is 0.121. The van der Waals surface area contributed by atoms with Crippen LogP contribution in [0.4, 0.5) is 11.4 Å². The summed E-state index contributed by atoms with van der Waals surface area (Å²) in [5, 5.41) is 0. The van der Waals surface area contributed by atoms with Gasteiger partial charge in [0, 0.05) is 25.7 Å². The van der Waals surface area contributed by atoms with E-state index in [9.17, 15) is 8.42 Å². The molecular weight excluding hydrogens is 300 g/mol. The summed E-state index contributed by atoms with van der Waals surface area (Å²) in [6, 6.07) is 7.57. The summed E-state index contributed by atoms with van der Waals surface area (Å²) >= 11 is 0. The van der Waals surface area contributed by atoms with Crippen molar-refractivity contribution < 1.29 is 8.42 Å². The lowest BCUT2D eigenvalue weighted by atomic mass is 10.2. The predicted molar refractivity (Wildman–Crippen MR) is 91.7 cm³/mol. The van der Waals surface area contributed by atoms with Crippen LogP contribution in [0.15, 0.2) is 24.3 Å².